The Bertz CT molecular complexity index is 309. The molecule has 3 nitrogen and oxygen atoms in total. The molecule has 2 bridgehead atoms. The van der Waals surface area contributed by atoms with Crippen LogP contribution < -0.4 is 11.1 Å². The lowest BCUT2D eigenvalue weighted by Crippen LogP contribution is -2.47. The highest BCUT2D eigenvalue weighted by Crippen LogP contribution is 2.47. The van der Waals surface area contributed by atoms with E-state index in [9.17, 15) is 4.79 Å². The number of nitrogens with one attached hydrogen (secondary N) is 1. The van der Waals surface area contributed by atoms with E-state index in [-0.39, 0.29) is 36.3 Å². The van der Waals surface area contributed by atoms with Crippen LogP contribution in [0.2, 0.25) is 0 Å². The van der Waals surface area contributed by atoms with Crippen molar-refractivity contribution in [1.29, 1.82) is 0 Å². The summed E-state index contributed by atoms with van der Waals surface area (Å²) in [5, 5.41) is 3.18. The van der Waals surface area contributed by atoms with E-state index in [1.165, 1.54) is 25.7 Å². The maximum absolute atomic E-state index is 12.3. The number of amides is 1. The highest BCUT2D eigenvalue weighted by Gasteiger charge is 2.49. The number of halogens is 1. The fraction of sp³-hybridized carbons (Fsp3) is 0.933. The first kappa shape index (κ1) is 16.8. The molecule has 6 unspecified atom stereocenters. The van der Waals surface area contributed by atoms with Gasteiger partial charge < -0.3 is 11.1 Å². The number of fused-ring (bicyclic) bond motifs is 2. The Hall–Kier alpha value is -0.280. The average Bonchev–Trinajstić information content (AvgIpc) is 2.88. The zero-order valence-electron chi connectivity index (χ0n) is 12.4. The maximum Gasteiger partial charge on any atom is 0.225 e. The van der Waals surface area contributed by atoms with Crippen molar-refractivity contribution < 1.29 is 4.79 Å². The molecule has 0 aromatic carbocycles. The first-order chi connectivity index (χ1) is 8.52. The van der Waals surface area contributed by atoms with Crippen molar-refractivity contribution in [2.24, 2.45) is 29.4 Å². The highest BCUT2D eigenvalue weighted by molar-refractivity contribution is 5.85. The molecule has 2 aliphatic rings. The maximum atomic E-state index is 12.3. The lowest BCUT2D eigenvalue weighted by Gasteiger charge is -2.28. The van der Waals surface area contributed by atoms with Crippen molar-refractivity contribution in [2.75, 3.05) is 0 Å². The summed E-state index contributed by atoms with van der Waals surface area (Å²) in [6.45, 7) is 6.56. The molecule has 2 aliphatic carbocycles. The van der Waals surface area contributed by atoms with Crippen LogP contribution in [-0.2, 0) is 4.79 Å². The molecule has 0 spiro atoms. The van der Waals surface area contributed by atoms with Crippen molar-refractivity contribution in [2.45, 2.75) is 65.0 Å². The molecule has 2 saturated carbocycles. The number of nitrogens with two attached hydrogens (primary N) is 1. The van der Waals surface area contributed by atoms with Gasteiger partial charge in [0.15, 0.2) is 0 Å². The van der Waals surface area contributed by atoms with E-state index in [0.29, 0.717) is 17.8 Å². The van der Waals surface area contributed by atoms with E-state index in [2.05, 4.69) is 26.1 Å². The second kappa shape index (κ2) is 6.94. The topological polar surface area (TPSA) is 55.1 Å². The van der Waals surface area contributed by atoms with Crippen LogP contribution in [0.15, 0.2) is 0 Å². The number of carbonyl (C=O) groups is 1. The lowest BCUT2D eigenvalue weighted by molar-refractivity contribution is -0.127. The summed E-state index contributed by atoms with van der Waals surface area (Å²) in [6.07, 6.45) is 5.86. The van der Waals surface area contributed by atoms with Crippen LogP contribution in [0.5, 0.6) is 0 Å². The van der Waals surface area contributed by atoms with Gasteiger partial charge in [0.2, 0.25) is 5.91 Å². The van der Waals surface area contributed by atoms with Gasteiger partial charge in [0.1, 0.15) is 0 Å². The summed E-state index contributed by atoms with van der Waals surface area (Å²) in [6, 6.07) is 0.387. The minimum Gasteiger partial charge on any atom is -0.353 e. The monoisotopic (exact) mass is 288 g/mol. The lowest BCUT2D eigenvalue weighted by atomic mass is 9.84. The fourth-order valence-corrected chi connectivity index (χ4v) is 3.89. The van der Waals surface area contributed by atoms with E-state index in [1.54, 1.807) is 0 Å². The second-order valence-corrected chi connectivity index (χ2v) is 6.60. The molecule has 0 aromatic rings. The minimum atomic E-state index is 0. The zero-order valence-corrected chi connectivity index (χ0v) is 13.2. The number of rotatable bonds is 5. The van der Waals surface area contributed by atoms with Crippen molar-refractivity contribution in [3.63, 3.8) is 0 Å². The second-order valence-electron chi connectivity index (χ2n) is 6.60. The van der Waals surface area contributed by atoms with Gasteiger partial charge in [-0.1, -0.05) is 20.3 Å². The zero-order chi connectivity index (χ0) is 13.3. The van der Waals surface area contributed by atoms with Crippen LogP contribution in [0.3, 0.4) is 0 Å². The summed E-state index contributed by atoms with van der Waals surface area (Å²) in [7, 11) is 0. The molecule has 2 rings (SSSR count). The Balaban J connectivity index is 0.00000180. The van der Waals surface area contributed by atoms with E-state index in [4.69, 9.17) is 5.73 Å². The summed E-state index contributed by atoms with van der Waals surface area (Å²) >= 11 is 0. The predicted molar refractivity (Wildman–Crippen MR) is 81.2 cm³/mol. The Morgan fingerprint density at radius 2 is 1.95 bits per heavy atom. The van der Waals surface area contributed by atoms with E-state index < -0.39 is 0 Å². The van der Waals surface area contributed by atoms with Crippen molar-refractivity contribution >= 4 is 18.3 Å². The van der Waals surface area contributed by atoms with E-state index in [1.807, 2.05) is 0 Å². The minimum absolute atomic E-state index is 0. The van der Waals surface area contributed by atoms with Crippen LogP contribution >= 0.6 is 12.4 Å². The van der Waals surface area contributed by atoms with Gasteiger partial charge in [-0.25, -0.2) is 0 Å². The smallest absolute Gasteiger partial charge is 0.225 e. The van der Waals surface area contributed by atoms with E-state index in [0.717, 1.165) is 6.42 Å². The first-order valence-electron chi connectivity index (χ1n) is 7.58. The van der Waals surface area contributed by atoms with Gasteiger partial charge >= 0.3 is 0 Å². The molecule has 1 amide bonds. The van der Waals surface area contributed by atoms with Crippen LogP contribution in [0.25, 0.3) is 0 Å². The van der Waals surface area contributed by atoms with E-state index >= 15 is 0 Å². The Morgan fingerprint density at radius 1 is 1.32 bits per heavy atom. The van der Waals surface area contributed by atoms with Gasteiger partial charge in [0, 0.05) is 12.1 Å². The third kappa shape index (κ3) is 3.63. The summed E-state index contributed by atoms with van der Waals surface area (Å²) < 4.78 is 0. The van der Waals surface area contributed by atoms with Crippen LogP contribution in [0.1, 0.15) is 52.9 Å². The molecule has 0 radical (unpaired) electrons. The van der Waals surface area contributed by atoms with Crippen molar-refractivity contribution in [3.05, 3.63) is 0 Å². The molecular weight excluding hydrogens is 260 g/mol. The molecule has 3 N–H and O–H groups in total. The van der Waals surface area contributed by atoms with Gasteiger partial charge in [-0.2, -0.15) is 0 Å². The molecule has 4 heteroatoms. The molecule has 112 valence electrons. The number of carbonyl (C=O) groups excluding carboxylic acids is 1. The average molecular weight is 289 g/mol. The number of hydrogen-bond acceptors (Lipinski definition) is 2. The van der Waals surface area contributed by atoms with Gasteiger partial charge in [0.25, 0.3) is 0 Å². The molecule has 0 aliphatic heterocycles. The van der Waals surface area contributed by atoms with Crippen LogP contribution in [-0.4, -0.2) is 18.0 Å². The molecule has 0 aromatic heterocycles. The molecule has 0 saturated heterocycles. The molecule has 2 fully saturated rings. The van der Waals surface area contributed by atoms with Gasteiger partial charge in [-0.3, -0.25) is 4.79 Å². The number of hydrogen-bond donors (Lipinski definition) is 2. The van der Waals surface area contributed by atoms with Gasteiger partial charge in [-0.15, -0.1) is 12.4 Å². The van der Waals surface area contributed by atoms with Crippen molar-refractivity contribution in [3.8, 4) is 0 Å². The molecule has 19 heavy (non-hydrogen) atoms. The Labute approximate surface area is 123 Å². The summed E-state index contributed by atoms with van der Waals surface area (Å²) in [4.78, 5) is 12.3. The van der Waals surface area contributed by atoms with Gasteiger partial charge in [-0.05, 0) is 50.4 Å². The molecule has 0 heterocycles. The SMILES string of the molecule is CCC(C)CC(C)NC(=O)C1C2CCC(C2)C1N.Cl. The molecule has 6 atom stereocenters. The Morgan fingerprint density at radius 3 is 2.47 bits per heavy atom. The largest absolute Gasteiger partial charge is 0.353 e. The van der Waals surface area contributed by atoms with Crippen LogP contribution in [0, 0.1) is 23.7 Å². The van der Waals surface area contributed by atoms with Crippen molar-refractivity contribution in [1.82, 2.24) is 5.32 Å². The van der Waals surface area contributed by atoms with Gasteiger partial charge in [0.05, 0.1) is 5.92 Å². The summed E-state index contributed by atoms with van der Waals surface area (Å²) in [5.41, 5.74) is 6.21. The standard InChI is InChI=1S/C15H28N2O.ClH/c1-4-9(2)7-10(3)17-15(18)13-11-5-6-12(8-11)14(13)16;/h9-14H,4-8,16H2,1-3H3,(H,17,18);1H. The third-order valence-electron chi connectivity index (χ3n) is 5.12. The normalized spacial score (nSPS) is 35.6. The third-order valence-corrected chi connectivity index (χ3v) is 5.12. The molecular formula is C15H29ClN2O. The quantitative estimate of drug-likeness (QED) is 0.817. The predicted octanol–water partition coefficient (Wildman–Crippen LogP) is 2.72. The summed E-state index contributed by atoms with van der Waals surface area (Å²) in [5.74, 6) is 2.14. The fourth-order valence-electron chi connectivity index (χ4n) is 3.89. The van der Waals surface area contributed by atoms with Crippen LogP contribution in [0.4, 0.5) is 0 Å². The highest BCUT2D eigenvalue weighted by atomic mass is 35.5. The Kier molecular flexibility index (Phi) is 6.13. The first-order valence-corrected chi connectivity index (χ1v) is 7.58.